The van der Waals surface area contributed by atoms with Crippen molar-refractivity contribution >= 4 is 6.09 Å². The van der Waals surface area contributed by atoms with Gasteiger partial charge < -0.3 is 19.9 Å². The summed E-state index contributed by atoms with van der Waals surface area (Å²) < 4.78 is 10.5. The van der Waals surface area contributed by atoms with Gasteiger partial charge >= 0.3 is 6.09 Å². The van der Waals surface area contributed by atoms with E-state index < -0.39 is 17.3 Å². The van der Waals surface area contributed by atoms with Crippen LogP contribution in [0.5, 0.6) is 0 Å². The number of alkyl carbamates (subject to hydrolysis) is 1. The van der Waals surface area contributed by atoms with E-state index in [9.17, 15) is 9.90 Å². The molecule has 0 aromatic heterocycles. The van der Waals surface area contributed by atoms with E-state index in [0.29, 0.717) is 13.2 Å². The molecule has 1 amide bonds. The van der Waals surface area contributed by atoms with Gasteiger partial charge in [0.2, 0.25) is 0 Å². The van der Waals surface area contributed by atoms with Gasteiger partial charge in [0.05, 0.1) is 13.2 Å². The maximum atomic E-state index is 11.4. The number of aliphatic hydroxyl groups excluding tert-OH is 1. The minimum absolute atomic E-state index is 0.0806. The van der Waals surface area contributed by atoms with Gasteiger partial charge in [0.1, 0.15) is 11.2 Å². The number of rotatable bonds is 3. The van der Waals surface area contributed by atoms with Gasteiger partial charge in [-0.15, -0.1) is 0 Å². The zero-order chi connectivity index (χ0) is 12.2. The van der Waals surface area contributed by atoms with Crippen LogP contribution in [0.2, 0.25) is 0 Å². The highest BCUT2D eigenvalue weighted by molar-refractivity contribution is 5.67. The number of nitrogens with one attached hydrogen (secondary N) is 1. The minimum atomic E-state index is -0.614. The molecule has 0 spiro atoms. The molecule has 0 bridgehead atoms. The zero-order valence-corrected chi connectivity index (χ0v) is 10.2. The topological polar surface area (TPSA) is 67.8 Å². The summed E-state index contributed by atoms with van der Waals surface area (Å²) >= 11 is 0. The van der Waals surface area contributed by atoms with Crippen LogP contribution in [0.25, 0.3) is 0 Å². The van der Waals surface area contributed by atoms with Gasteiger partial charge in [-0.2, -0.15) is 0 Å². The number of carbonyl (C=O) groups excluding carboxylic acids is 1. The molecular formula is C11H21NO4. The lowest BCUT2D eigenvalue weighted by Crippen LogP contribution is -2.46. The summed E-state index contributed by atoms with van der Waals surface area (Å²) in [6.45, 7) is 6.26. The van der Waals surface area contributed by atoms with Crippen LogP contribution in [0.1, 0.15) is 33.6 Å². The lowest BCUT2D eigenvalue weighted by molar-refractivity contribution is -0.0383. The molecule has 1 heterocycles. The van der Waals surface area contributed by atoms with Crippen LogP contribution in [0, 0.1) is 0 Å². The molecular weight excluding hydrogens is 210 g/mol. The molecule has 0 radical (unpaired) electrons. The number of carbonyl (C=O) groups is 1. The normalized spacial score (nSPS) is 25.5. The fourth-order valence-electron chi connectivity index (χ4n) is 1.62. The number of ether oxygens (including phenoxy) is 2. The zero-order valence-electron chi connectivity index (χ0n) is 10.2. The average Bonchev–Trinajstić information content (AvgIpc) is 2.61. The van der Waals surface area contributed by atoms with Crippen molar-refractivity contribution in [1.82, 2.24) is 5.32 Å². The van der Waals surface area contributed by atoms with E-state index in [0.717, 1.165) is 12.8 Å². The van der Waals surface area contributed by atoms with Gasteiger partial charge in [0, 0.05) is 6.61 Å². The SMILES string of the molecule is CC(C)(C)OC(=O)NCC1(CO)CCCO1. The van der Waals surface area contributed by atoms with Crippen molar-refractivity contribution in [2.45, 2.75) is 44.8 Å². The van der Waals surface area contributed by atoms with Gasteiger partial charge in [-0.1, -0.05) is 0 Å². The van der Waals surface area contributed by atoms with Crippen LogP contribution in [0.15, 0.2) is 0 Å². The van der Waals surface area contributed by atoms with Crippen LogP contribution in [-0.2, 0) is 9.47 Å². The van der Waals surface area contributed by atoms with E-state index in [1.807, 2.05) is 0 Å². The molecule has 1 unspecified atom stereocenters. The third-order valence-electron chi connectivity index (χ3n) is 2.43. The Morgan fingerprint density at radius 1 is 1.56 bits per heavy atom. The van der Waals surface area contributed by atoms with Crippen molar-refractivity contribution in [2.24, 2.45) is 0 Å². The molecule has 1 aliphatic rings. The summed E-state index contributed by atoms with van der Waals surface area (Å²) in [6.07, 6.45) is 1.20. The Kier molecular flexibility index (Phi) is 4.15. The van der Waals surface area contributed by atoms with Gasteiger partial charge in [-0.05, 0) is 33.6 Å². The number of amides is 1. The molecule has 1 fully saturated rings. The molecule has 0 aliphatic carbocycles. The molecule has 1 aliphatic heterocycles. The Morgan fingerprint density at radius 3 is 2.69 bits per heavy atom. The third kappa shape index (κ3) is 3.98. The molecule has 0 aromatic rings. The first-order chi connectivity index (χ1) is 7.37. The van der Waals surface area contributed by atoms with Crippen molar-refractivity contribution in [3.63, 3.8) is 0 Å². The summed E-state index contributed by atoms with van der Waals surface area (Å²) in [6, 6.07) is 0. The van der Waals surface area contributed by atoms with E-state index in [4.69, 9.17) is 9.47 Å². The molecule has 5 nitrogen and oxygen atoms in total. The molecule has 0 aromatic carbocycles. The van der Waals surface area contributed by atoms with Crippen molar-refractivity contribution in [3.8, 4) is 0 Å². The van der Waals surface area contributed by atoms with E-state index in [1.54, 1.807) is 20.8 Å². The van der Waals surface area contributed by atoms with Crippen LogP contribution in [0.4, 0.5) is 4.79 Å². The van der Waals surface area contributed by atoms with Gasteiger partial charge in [-0.25, -0.2) is 4.79 Å². The Hall–Kier alpha value is -0.810. The first-order valence-electron chi connectivity index (χ1n) is 5.59. The number of hydrogen-bond acceptors (Lipinski definition) is 4. The summed E-state index contributed by atoms with van der Waals surface area (Å²) in [4.78, 5) is 11.4. The first kappa shape index (κ1) is 13.3. The third-order valence-corrected chi connectivity index (χ3v) is 2.43. The summed E-state index contributed by atoms with van der Waals surface area (Å²) in [5.74, 6) is 0. The maximum Gasteiger partial charge on any atom is 0.407 e. The molecule has 1 atom stereocenters. The second-order valence-electron chi connectivity index (χ2n) is 5.15. The maximum absolute atomic E-state index is 11.4. The second kappa shape index (κ2) is 5.01. The Bertz CT molecular complexity index is 241. The largest absolute Gasteiger partial charge is 0.444 e. The fourth-order valence-corrected chi connectivity index (χ4v) is 1.62. The highest BCUT2D eigenvalue weighted by Gasteiger charge is 2.35. The quantitative estimate of drug-likeness (QED) is 0.762. The van der Waals surface area contributed by atoms with Gasteiger partial charge in [0.15, 0.2) is 0 Å². The summed E-state index contributed by atoms with van der Waals surface area (Å²) in [7, 11) is 0. The van der Waals surface area contributed by atoms with Crippen LogP contribution >= 0.6 is 0 Å². The summed E-state index contributed by atoms with van der Waals surface area (Å²) in [5, 5.41) is 11.9. The van der Waals surface area contributed by atoms with E-state index >= 15 is 0 Å². The monoisotopic (exact) mass is 231 g/mol. The molecule has 2 N–H and O–H groups in total. The Balaban J connectivity index is 2.35. The van der Waals surface area contributed by atoms with Crippen molar-refractivity contribution in [3.05, 3.63) is 0 Å². The molecule has 1 saturated heterocycles. The average molecular weight is 231 g/mol. The Labute approximate surface area is 96.1 Å². The molecule has 94 valence electrons. The van der Waals surface area contributed by atoms with Crippen molar-refractivity contribution in [1.29, 1.82) is 0 Å². The van der Waals surface area contributed by atoms with Gasteiger partial charge in [0.25, 0.3) is 0 Å². The van der Waals surface area contributed by atoms with E-state index in [1.165, 1.54) is 0 Å². The van der Waals surface area contributed by atoms with Crippen LogP contribution < -0.4 is 5.32 Å². The standard InChI is InChI=1S/C11H21NO4/c1-10(2,3)16-9(14)12-7-11(8-13)5-4-6-15-11/h13H,4-8H2,1-3H3,(H,12,14). The highest BCUT2D eigenvalue weighted by Crippen LogP contribution is 2.24. The lowest BCUT2D eigenvalue weighted by atomic mass is 10.0. The van der Waals surface area contributed by atoms with Crippen molar-refractivity contribution < 1.29 is 19.4 Å². The van der Waals surface area contributed by atoms with Gasteiger partial charge in [-0.3, -0.25) is 0 Å². The molecule has 1 rings (SSSR count). The lowest BCUT2D eigenvalue weighted by Gasteiger charge is -2.27. The van der Waals surface area contributed by atoms with Crippen molar-refractivity contribution in [2.75, 3.05) is 19.8 Å². The summed E-state index contributed by atoms with van der Waals surface area (Å²) in [5.41, 5.74) is -1.12. The minimum Gasteiger partial charge on any atom is -0.444 e. The number of aliphatic hydroxyl groups is 1. The Morgan fingerprint density at radius 2 is 2.25 bits per heavy atom. The predicted molar refractivity (Wildman–Crippen MR) is 59.2 cm³/mol. The fraction of sp³-hybridized carbons (Fsp3) is 0.909. The molecule has 5 heteroatoms. The first-order valence-corrected chi connectivity index (χ1v) is 5.59. The van der Waals surface area contributed by atoms with Crippen LogP contribution in [-0.4, -0.2) is 42.2 Å². The second-order valence-corrected chi connectivity index (χ2v) is 5.15. The highest BCUT2D eigenvalue weighted by atomic mass is 16.6. The number of hydrogen-bond donors (Lipinski definition) is 2. The molecule has 16 heavy (non-hydrogen) atoms. The van der Waals surface area contributed by atoms with E-state index in [2.05, 4.69) is 5.32 Å². The van der Waals surface area contributed by atoms with E-state index in [-0.39, 0.29) is 6.61 Å². The van der Waals surface area contributed by atoms with Crippen LogP contribution in [0.3, 0.4) is 0 Å². The predicted octanol–water partition coefficient (Wildman–Crippen LogP) is 1.05. The molecule has 0 saturated carbocycles. The smallest absolute Gasteiger partial charge is 0.407 e.